The molecule has 1 aromatic heterocycles. The Kier molecular flexibility index (Phi) is 5.25. The van der Waals surface area contributed by atoms with E-state index in [1.807, 2.05) is 36.4 Å². The van der Waals surface area contributed by atoms with Crippen LogP contribution >= 0.6 is 0 Å². The number of rotatable bonds is 4. The minimum Gasteiger partial charge on any atom is -0.333 e. The quantitative estimate of drug-likeness (QED) is 0.262. The molecule has 7 rings (SSSR count). The van der Waals surface area contributed by atoms with Gasteiger partial charge in [-0.05, 0) is 29.8 Å². The van der Waals surface area contributed by atoms with Crippen LogP contribution in [0, 0.1) is 0 Å². The maximum atomic E-state index is 5.04. The molecule has 3 nitrogen and oxygen atoms in total. The molecule has 176 valence electrons. The van der Waals surface area contributed by atoms with Gasteiger partial charge in [0, 0.05) is 34.0 Å². The van der Waals surface area contributed by atoms with E-state index >= 15 is 0 Å². The number of fused-ring (bicyclic) bond motifs is 3. The van der Waals surface area contributed by atoms with E-state index in [9.17, 15) is 0 Å². The van der Waals surface area contributed by atoms with E-state index in [4.69, 9.17) is 9.97 Å². The Morgan fingerprint density at radius 1 is 0.541 bits per heavy atom. The van der Waals surface area contributed by atoms with Crippen molar-refractivity contribution in [3.8, 4) is 33.9 Å². The number of nitrogens with zero attached hydrogens (tertiary/aromatic N) is 3. The highest BCUT2D eigenvalue weighted by atomic mass is 15.2. The molecule has 1 aliphatic heterocycles. The molecule has 37 heavy (non-hydrogen) atoms. The highest BCUT2D eigenvalue weighted by Gasteiger charge is 2.37. The van der Waals surface area contributed by atoms with Crippen molar-refractivity contribution in [2.45, 2.75) is 12.0 Å². The van der Waals surface area contributed by atoms with E-state index < -0.39 is 0 Å². The fourth-order valence-corrected chi connectivity index (χ4v) is 5.47. The number of hydrogen-bond donors (Lipinski definition) is 0. The van der Waals surface area contributed by atoms with Gasteiger partial charge in [0.15, 0.2) is 5.82 Å². The molecule has 4 aromatic carbocycles. The van der Waals surface area contributed by atoms with Crippen LogP contribution < -0.4 is 4.90 Å². The van der Waals surface area contributed by atoms with Gasteiger partial charge in [0.05, 0.1) is 17.4 Å². The third kappa shape index (κ3) is 3.85. The molecule has 0 radical (unpaired) electrons. The van der Waals surface area contributed by atoms with Crippen molar-refractivity contribution < 1.29 is 0 Å². The maximum absolute atomic E-state index is 5.04. The van der Waals surface area contributed by atoms with Crippen molar-refractivity contribution in [3.63, 3.8) is 0 Å². The standard InChI is InChI=1S/C34H25N3/c1-3-12-24(13-4-1)30-23-31(36-34(35-30)25-14-5-2-6-15-25)26-16-11-17-27(22-26)37-32-20-9-7-18-28(32)29-19-8-10-21-33(29)37/h1-23,28,32H. The largest absolute Gasteiger partial charge is 0.333 e. The molecule has 0 fully saturated rings. The molecule has 2 unspecified atom stereocenters. The van der Waals surface area contributed by atoms with Gasteiger partial charge in [0.2, 0.25) is 0 Å². The Bertz CT molecular complexity index is 1580. The summed E-state index contributed by atoms with van der Waals surface area (Å²) in [6.45, 7) is 0. The average molecular weight is 476 g/mol. The first-order valence-corrected chi connectivity index (χ1v) is 12.7. The lowest BCUT2D eigenvalue weighted by Crippen LogP contribution is -2.28. The first-order chi connectivity index (χ1) is 18.3. The Hall–Kier alpha value is -4.76. The first kappa shape index (κ1) is 21.5. The molecular formula is C34H25N3. The van der Waals surface area contributed by atoms with Gasteiger partial charge in [-0.15, -0.1) is 0 Å². The van der Waals surface area contributed by atoms with Crippen molar-refractivity contribution in [1.82, 2.24) is 9.97 Å². The minimum absolute atomic E-state index is 0.266. The van der Waals surface area contributed by atoms with Gasteiger partial charge >= 0.3 is 0 Å². The van der Waals surface area contributed by atoms with Gasteiger partial charge in [0.25, 0.3) is 0 Å². The van der Waals surface area contributed by atoms with Crippen molar-refractivity contribution in [2.75, 3.05) is 4.90 Å². The molecule has 3 heteroatoms. The monoisotopic (exact) mass is 475 g/mol. The summed E-state index contributed by atoms with van der Waals surface area (Å²) in [5, 5.41) is 0. The number of anilines is 2. The Balaban J connectivity index is 1.36. The van der Waals surface area contributed by atoms with E-state index in [0.29, 0.717) is 5.92 Å². The second-order valence-electron chi connectivity index (χ2n) is 9.46. The summed E-state index contributed by atoms with van der Waals surface area (Å²) in [4.78, 5) is 12.4. The molecule has 0 saturated carbocycles. The molecule has 0 N–H and O–H groups in total. The van der Waals surface area contributed by atoms with Crippen molar-refractivity contribution >= 4 is 11.4 Å². The fourth-order valence-electron chi connectivity index (χ4n) is 5.47. The van der Waals surface area contributed by atoms with Gasteiger partial charge in [-0.1, -0.05) is 115 Å². The summed E-state index contributed by atoms with van der Waals surface area (Å²) >= 11 is 0. The molecule has 0 amide bonds. The summed E-state index contributed by atoms with van der Waals surface area (Å²) in [6, 6.07) is 40.4. The van der Waals surface area contributed by atoms with Gasteiger partial charge in [0.1, 0.15) is 0 Å². The van der Waals surface area contributed by atoms with Crippen LogP contribution in [0.2, 0.25) is 0 Å². The van der Waals surface area contributed by atoms with Gasteiger partial charge in [-0.25, -0.2) is 9.97 Å². The zero-order chi connectivity index (χ0) is 24.6. The molecule has 2 heterocycles. The maximum Gasteiger partial charge on any atom is 0.160 e. The van der Waals surface area contributed by atoms with Crippen LogP contribution in [0.5, 0.6) is 0 Å². The third-order valence-electron chi connectivity index (χ3n) is 7.21. The normalized spacial score (nSPS) is 17.5. The fraction of sp³-hybridized carbons (Fsp3) is 0.0588. The summed E-state index contributed by atoms with van der Waals surface area (Å²) in [5.41, 5.74) is 8.80. The van der Waals surface area contributed by atoms with Crippen molar-refractivity contribution in [3.05, 3.63) is 145 Å². The van der Waals surface area contributed by atoms with Crippen LogP contribution in [0.3, 0.4) is 0 Å². The third-order valence-corrected chi connectivity index (χ3v) is 7.21. The predicted octanol–water partition coefficient (Wildman–Crippen LogP) is 8.21. The van der Waals surface area contributed by atoms with E-state index in [1.54, 1.807) is 0 Å². The molecule has 2 atom stereocenters. The summed E-state index contributed by atoms with van der Waals surface area (Å²) < 4.78 is 0. The van der Waals surface area contributed by atoms with Gasteiger partial charge < -0.3 is 4.90 Å². The zero-order valence-corrected chi connectivity index (χ0v) is 20.3. The van der Waals surface area contributed by atoms with Gasteiger partial charge in [-0.2, -0.15) is 0 Å². The predicted molar refractivity (Wildman–Crippen MR) is 152 cm³/mol. The Morgan fingerprint density at radius 2 is 1.19 bits per heavy atom. The van der Waals surface area contributed by atoms with Crippen LogP contribution in [-0.2, 0) is 0 Å². The molecule has 1 aliphatic carbocycles. The number of benzene rings is 4. The second-order valence-corrected chi connectivity index (χ2v) is 9.46. The minimum atomic E-state index is 0.266. The van der Waals surface area contributed by atoms with Crippen LogP contribution in [-0.4, -0.2) is 16.0 Å². The van der Waals surface area contributed by atoms with Crippen molar-refractivity contribution in [2.24, 2.45) is 0 Å². The van der Waals surface area contributed by atoms with E-state index in [1.165, 1.54) is 16.9 Å². The second kappa shape index (κ2) is 9.03. The SMILES string of the molecule is C1=CC2c3ccccc3N(c3cccc(-c4cc(-c5ccccc5)nc(-c5ccccc5)n4)c3)C2C=C1. The van der Waals surface area contributed by atoms with Crippen LogP contribution in [0.15, 0.2) is 140 Å². The lowest BCUT2D eigenvalue weighted by Gasteiger charge is -2.29. The molecule has 0 spiro atoms. The topological polar surface area (TPSA) is 29.0 Å². The Morgan fingerprint density at radius 3 is 2.00 bits per heavy atom. The number of aromatic nitrogens is 2. The highest BCUT2D eigenvalue weighted by molar-refractivity contribution is 5.79. The summed E-state index contributed by atoms with van der Waals surface area (Å²) in [5.74, 6) is 1.09. The molecule has 2 aliphatic rings. The highest BCUT2D eigenvalue weighted by Crippen LogP contribution is 2.47. The average Bonchev–Trinajstić information content (AvgIpc) is 3.32. The van der Waals surface area contributed by atoms with Crippen LogP contribution in [0.25, 0.3) is 33.9 Å². The number of para-hydroxylation sites is 1. The molecule has 0 bridgehead atoms. The molecule has 0 saturated heterocycles. The smallest absolute Gasteiger partial charge is 0.160 e. The summed E-state index contributed by atoms with van der Waals surface area (Å²) in [6.07, 6.45) is 8.95. The Labute approximate surface area is 217 Å². The first-order valence-electron chi connectivity index (χ1n) is 12.7. The number of hydrogen-bond acceptors (Lipinski definition) is 3. The lowest BCUT2D eigenvalue weighted by molar-refractivity contribution is 0.745. The zero-order valence-electron chi connectivity index (χ0n) is 20.3. The van der Waals surface area contributed by atoms with E-state index in [-0.39, 0.29) is 6.04 Å². The number of allylic oxidation sites excluding steroid dienone is 2. The van der Waals surface area contributed by atoms with Crippen LogP contribution in [0.1, 0.15) is 11.5 Å². The molecule has 5 aromatic rings. The van der Waals surface area contributed by atoms with Crippen molar-refractivity contribution in [1.29, 1.82) is 0 Å². The van der Waals surface area contributed by atoms with E-state index in [2.05, 4.69) is 108 Å². The van der Waals surface area contributed by atoms with Crippen LogP contribution in [0.4, 0.5) is 11.4 Å². The summed E-state index contributed by atoms with van der Waals surface area (Å²) in [7, 11) is 0. The lowest BCUT2D eigenvalue weighted by atomic mass is 9.91. The van der Waals surface area contributed by atoms with E-state index in [0.717, 1.165) is 33.9 Å². The van der Waals surface area contributed by atoms with Gasteiger partial charge in [-0.3, -0.25) is 0 Å². The molecular weight excluding hydrogens is 450 g/mol.